The summed E-state index contributed by atoms with van der Waals surface area (Å²) in [5.74, 6) is 0.276. The number of carbonyl (C=O) groups is 1. The summed E-state index contributed by atoms with van der Waals surface area (Å²) in [6, 6.07) is 6.87. The number of sulfone groups is 1. The highest BCUT2D eigenvalue weighted by molar-refractivity contribution is 7.92. The van der Waals surface area contributed by atoms with Crippen molar-refractivity contribution in [2.75, 3.05) is 18.4 Å². The second-order valence-corrected chi connectivity index (χ2v) is 10.3. The van der Waals surface area contributed by atoms with Crippen molar-refractivity contribution in [1.82, 2.24) is 9.88 Å². The number of amides is 1. The summed E-state index contributed by atoms with van der Waals surface area (Å²) < 4.78 is 29.1. The lowest BCUT2D eigenvalue weighted by molar-refractivity contribution is 0.0686. The maximum absolute atomic E-state index is 12.4. The Labute approximate surface area is 159 Å². The van der Waals surface area contributed by atoms with Crippen LogP contribution in [0.15, 0.2) is 46.2 Å². The van der Waals surface area contributed by atoms with E-state index in [4.69, 9.17) is 4.42 Å². The minimum absolute atomic E-state index is 0.0828. The lowest BCUT2D eigenvalue weighted by Crippen LogP contribution is -2.42. The summed E-state index contributed by atoms with van der Waals surface area (Å²) in [6.07, 6.45) is 4.65. The van der Waals surface area contributed by atoms with Crippen molar-refractivity contribution in [2.24, 2.45) is 0 Å². The number of piperidine rings is 1. The summed E-state index contributed by atoms with van der Waals surface area (Å²) in [6.45, 7) is 6.26. The van der Waals surface area contributed by atoms with Gasteiger partial charge >= 0.3 is 0 Å². The van der Waals surface area contributed by atoms with Gasteiger partial charge in [-0.25, -0.2) is 13.4 Å². The van der Waals surface area contributed by atoms with Gasteiger partial charge in [-0.05, 0) is 57.9 Å². The zero-order valence-electron chi connectivity index (χ0n) is 15.8. The van der Waals surface area contributed by atoms with Crippen molar-refractivity contribution in [3.63, 3.8) is 0 Å². The maximum Gasteiger partial charge on any atom is 0.289 e. The average molecular weight is 391 g/mol. The van der Waals surface area contributed by atoms with Gasteiger partial charge in [0.2, 0.25) is 0 Å². The first-order valence-electron chi connectivity index (χ1n) is 8.98. The molecule has 8 heteroatoms. The maximum atomic E-state index is 12.4. The van der Waals surface area contributed by atoms with Gasteiger partial charge in [0, 0.05) is 19.1 Å². The molecule has 1 aliphatic heterocycles. The predicted molar refractivity (Wildman–Crippen MR) is 102 cm³/mol. The van der Waals surface area contributed by atoms with Gasteiger partial charge in [-0.2, -0.15) is 0 Å². The second kappa shape index (κ2) is 7.34. The van der Waals surface area contributed by atoms with Gasteiger partial charge in [-0.1, -0.05) is 0 Å². The molecule has 0 unspecified atom stereocenters. The van der Waals surface area contributed by atoms with Gasteiger partial charge < -0.3 is 14.6 Å². The molecule has 27 heavy (non-hydrogen) atoms. The Hall–Kier alpha value is -2.35. The lowest BCUT2D eigenvalue weighted by atomic mass is 10.0. The molecule has 0 saturated carbocycles. The molecule has 1 fully saturated rings. The molecular formula is C19H25N3O4S. The van der Waals surface area contributed by atoms with Crippen LogP contribution < -0.4 is 5.32 Å². The summed E-state index contributed by atoms with van der Waals surface area (Å²) >= 11 is 0. The molecule has 1 aliphatic rings. The lowest BCUT2D eigenvalue weighted by Gasteiger charge is -2.32. The van der Waals surface area contributed by atoms with Crippen LogP contribution in [0.25, 0.3) is 0 Å². The van der Waals surface area contributed by atoms with E-state index in [0.29, 0.717) is 18.8 Å². The van der Waals surface area contributed by atoms with E-state index < -0.39 is 14.6 Å². The standard InChI is InChI=1S/C19H25N3O4S/c1-19(2,3)27(24,25)17-7-6-15(13-20-17)21-14-8-10-22(11-9-14)18(23)16-5-4-12-26-16/h4-7,12-14,21H,8-11H2,1-3H3. The quantitative estimate of drug-likeness (QED) is 0.861. The number of carbonyl (C=O) groups excluding carboxylic acids is 1. The number of rotatable bonds is 4. The van der Waals surface area contributed by atoms with Crippen LogP contribution in [-0.4, -0.2) is 48.1 Å². The van der Waals surface area contributed by atoms with E-state index in [2.05, 4.69) is 10.3 Å². The number of likely N-dealkylation sites (tertiary alicyclic amines) is 1. The van der Waals surface area contributed by atoms with E-state index in [0.717, 1.165) is 18.5 Å². The van der Waals surface area contributed by atoms with Crippen LogP contribution in [0.4, 0.5) is 5.69 Å². The van der Waals surface area contributed by atoms with E-state index in [-0.39, 0.29) is 17.0 Å². The molecule has 0 radical (unpaired) electrons. The number of hydrogen-bond donors (Lipinski definition) is 1. The topological polar surface area (TPSA) is 92.5 Å². The first-order chi connectivity index (χ1) is 12.7. The van der Waals surface area contributed by atoms with E-state index >= 15 is 0 Å². The summed E-state index contributed by atoms with van der Waals surface area (Å²) in [5.41, 5.74) is 0.777. The van der Waals surface area contributed by atoms with Crippen LogP contribution >= 0.6 is 0 Å². The number of hydrogen-bond acceptors (Lipinski definition) is 6. The molecular weight excluding hydrogens is 366 g/mol. The number of aromatic nitrogens is 1. The number of nitrogens with zero attached hydrogens (tertiary/aromatic N) is 2. The molecule has 2 aromatic heterocycles. The van der Waals surface area contributed by atoms with Crippen molar-refractivity contribution in [3.8, 4) is 0 Å². The van der Waals surface area contributed by atoms with Crippen LogP contribution in [0.3, 0.4) is 0 Å². The van der Waals surface area contributed by atoms with Crippen LogP contribution in [0.2, 0.25) is 0 Å². The predicted octanol–water partition coefficient (Wildman–Crippen LogP) is 2.96. The molecule has 3 rings (SSSR count). The minimum Gasteiger partial charge on any atom is -0.459 e. The molecule has 2 aromatic rings. The summed E-state index contributed by atoms with van der Waals surface area (Å²) in [4.78, 5) is 18.2. The number of furan rings is 1. The Morgan fingerprint density at radius 3 is 2.44 bits per heavy atom. The molecule has 0 aliphatic carbocycles. The van der Waals surface area contributed by atoms with Crippen molar-refractivity contribution < 1.29 is 17.6 Å². The van der Waals surface area contributed by atoms with E-state index in [9.17, 15) is 13.2 Å². The molecule has 1 amide bonds. The van der Waals surface area contributed by atoms with Gasteiger partial charge in [0.1, 0.15) is 0 Å². The molecule has 1 saturated heterocycles. The molecule has 0 atom stereocenters. The molecule has 1 N–H and O–H groups in total. The first kappa shape index (κ1) is 19.4. The first-order valence-corrected chi connectivity index (χ1v) is 10.5. The smallest absolute Gasteiger partial charge is 0.289 e. The fourth-order valence-corrected chi connectivity index (χ4v) is 4.02. The second-order valence-electron chi connectivity index (χ2n) is 7.69. The average Bonchev–Trinajstić information content (AvgIpc) is 3.16. The van der Waals surface area contributed by atoms with E-state index in [1.165, 1.54) is 6.26 Å². The zero-order valence-corrected chi connectivity index (χ0v) is 16.6. The molecule has 146 valence electrons. The van der Waals surface area contributed by atoms with Gasteiger partial charge in [-0.15, -0.1) is 0 Å². The van der Waals surface area contributed by atoms with Crippen LogP contribution in [0, 0.1) is 0 Å². The Balaban J connectivity index is 1.57. The number of nitrogens with one attached hydrogen (secondary N) is 1. The highest BCUT2D eigenvalue weighted by Gasteiger charge is 2.32. The molecule has 0 bridgehead atoms. The third-order valence-corrected chi connectivity index (χ3v) is 7.11. The van der Waals surface area contributed by atoms with Gasteiger partial charge in [0.05, 0.1) is 22.9 Å². The van der Waals surface area contributed by atoms with E-state index in [1.54, 1.807) is 56.1 Å². The van der Waals surface area contributed by atoms with Crippen molar-refractivity contribution in [2.45, 2.75) is 49.4 Å². The molecule has 0 aromatic carbocycles. The van der Waals surface area contributed by atoms with Crippen LogP contribution in [0.5, 0.6) is 0 Å². The zero-order chi connectivity index (χ0) is 19.7. The fraction of sp³-hybridized carbons (Fsp3) is 0.474. The van der Waals surface area contributed by atoms with Gasteiger partial charge in [0.25, 0.3) is 5.91 Å². The van der Waals surface area contributed by atoms with Crippen molar-refractivity contribution in [1.29, 1.82) is 0 Å². The Morgan fingerprint density at radius 2 is 1.93 bits per heavy atom. The van der Waals surface area contributed by atoms with Crippen LogP contribution in [0.1, 0.15) is 44.2 Å². The minimum atomic E-state index is -3.46. The Kier molecular flexibility index (Phi) is 5.28. The Bertz CT molecular complexity index is 876. The van der Waals surface area contributed by atoms with Crippen molar-refractivity contribution in [3.05, 3.63) is 42.5 Å². The molecule has 3 heterocycles. The highest BCUT2D eigenvalue weighted by Crippen LogP contribution is 2.24. The van der Waals surface area contributed by atoms with Crippen LogP contribution in [-0.2, 0) is 9.84 Å². The third-order valence-electron chi connectivity index (χ3n) is 4.70. The monoisotopic (exact) mass is 391 g/mol. The number of pyridine rings is 1. The van der Waals surface area contributed by atoms with Crippen molar-refractivity contribution >= 4 is 21.4 Å². The van der Waals surface area contributed by atoms with E-state index in [1.807, 2.05) is 0 Å². The Morgan fingerprint density at radius 1 is 1.22 bits per heavy atom. The third kappa shape index (κ3) is 4.16. The largest absolute Gasteiger partial charge is 0.459 e. The molecule has 7 nitrogen and oxygen atoms in total. The highest BCUT2D eigenvalue weighted by atomic mass is 32.2. The van der Waals surface area contributed by atoms with Gasteiger partial charge in [-0.3, -0.25) is 4.79 Å². The fourth-order valence-electron chi connectivity index (χ4n) is 2.96. The normalized spacial score (nSPS) is 16.3. The number of anilines is 1. The summed E-state index contributed by atoms with van der Waals surface area (Å²) in [7, 11) is -3.46. The van der Waals surface area contributed by atoms with Gasteiger partial charge in [0.15, 0.2) is 20.6 Å². The summed E-state index contributed by atoms with van der Waals surface area (Å²) in [5, 5.41) is 3.46. The SMILES string of the molecule is CC(C)(C)S(=O)(=O)c1ccc(NC2CCN(C(=O)c3ccco3)CC2)cn1. The molecule has 0 spiro atoms.